The maximum atomic E-state index is 12.1. The number of benzene rings is 1. The molecule has 0 spiro atoms. The van der Waals surface area contributed by atoms with Crippen LogP contribution in [-0.4, -0.2) is 34.5 Å². The number of nitrogens with one attached hydrogen (secondary N) is 1. The van der Waals surface area contributed by atoms with Gasteiger partial charge in [0, 0.05) is 30.4 Å². The van der Waals surface area contributed by atoms with Crippen LogP contribution in [0.1, 0.15) is 34.1 Å². The van der Waals surface area contributed by atoms with E-state index < -0.39 is 0 Å². The average Bonchev–Trinajstić information content (AvgIpc) is 3.15. The number of rotatable bonds is 7. The zero-order valence-corrected chi connectivity index (χ0v) is 16.3. The van der Waals surface area contributed by atoms with Crippen molar-refractivity contribution in [2.75, 3.05) is 11.4 Å². The van der Waals surface area contributed by atoms with Gasteiger partial charge in [0.25, 0.3) is 0 Å². The minimum absolute atomic E-state index is 0.0419. The molecule has 0 fully saturated rings. The van der Waals surface area contributed by atoms with E-state index in [9.17, 15) is 4.79 Å². The van der Waals surface area contributed by atoms with E-state index in [1.807, 2.05) is 50.2 Å². The normalized spacial score (nSPS) is 11.3. The summed E-state index contributed by atoms with van der Waals surface area (Å²) in [5.74, 6) is 2.04. The molecule has 2 heterocycles. The Bertz CT molecular complexity index is 904. The summed E-state index contributed by atoms with van der Waals surface area (Å²) >= 11 is 0. The van der Waals surface area contributed by atoms with Crippen molar-refractivity contribution in [2.45, 2.75) is 46.2 Å². The molecule has 3 rings (SSSR count). The highest BCUT2D eigenvalue weighted by molar-refractivity contribution is 5.91. The Labute approximate surface area is 159 Å². The Hall–Kier alpha value is -2.89. The van der Waals surface area contributed by atoms with Crippen LogP contribution < -0.4 is 10.2 Å². The number of fused-ring (bicyclic) bond motifs is 1. The molecule has 0 radical (unpaired) electrons. The number of amides is 1. The second-order valence-electron chi connectivity index (χ2n) is 7.12. The van der Waals surface area contributed by atoms with Gasteiger partial charge in [-0.15, -0.1) is 0 Å². The van der Waals surface area contributed by atoms with Gasteiger partial charge in [0.15, 0.2) is 11.6 Å². The molecule has 0 aliphatic rings. The molecular weight excluding hydrogens is 340 g/mol. The van der Waals surface area contributed by atoms with Crippen LogP contribution >= 0.6 is 0 Å². The maximum Gasteiger partial charge on any atom is 0.221 e. The molecule has 1 amide bonds. The zero-order valence-electron chi connectivity index (χ0n) is 16.3. The fourth-order valence-electron chi connectivity index (χ4n) is 3.02. The molecular formula is C21H26N4O2. The third-order valence-corrected chi connectivity index (χ3v) is 4.25. The highest BCUT2D eigenvalue weighted by Gasteiger charge is 2.19. The standard InChI is InChI=1S/C21H26N4O2/c1-14(2)22-19(26)11-12-25(15(3)4)21-16-8-5-6-9-17(16)23-20(24-21)18-10-7-13-27-18/h5-10,13-15H,11-12H2,1-4H3,(H,22,26). The van der Waals surface area contributed by atoms with Gasteiger partial charge in [0.1, 0.15) is 5.82 Å². The van der Waals surface area contributed by atoms with Gasteiger partial charge in [-0.25, -0.2) is 9.97 Å². The van der Waals surface area contributed by atoms with E-state index in [1.165, 1.54) is 0 Å². The second kappa shape index (κ2) is 8.20. The van der Waals surface area contributed by atoms with Crippen LogP contribution in [0.5, 0.6) is 0 Å². The van der Waals surface area contributed by atoms with Crippen LogP contribution in [0.4, 0.5) is 5.82 Å². The molecule has 0 unspecified atom stereocenters. The van der Waals surface area contributed by atoms with E-state index in [0.717, 1.165) is 16.7 Å². The number of carbonyl (C=O) groups is 1. The second-order valence-corrected chi connectivity index (χ2v) is 7.12. The first-order chi connectivity index (χ1) is 13.0. The number of para-hydroxylation sites is 1. The number of aromatic nitrogens is 2. The summed E-state index contributed by atoms with van der Waals surface area (Å²) in [4.78, 5) is 23.7. The van der Waals surface area contributed by atoms with Gasteiger partial charge < -0.3 is 14.6 Å². The predicted molar refractivity (Wildman–Crippen MR) is 108 cm³/mol. The number of nitrogens with zero attached hydrogens (tertiary/aromatic N) is 3. The molecule has 0 atom stereocenters. The topological polar surface area (TPSA) is 71.3 Å². The van der Waals surface area contributed by atoms with Crippen molar-refractivity contribution in [1.82, 2.24) is 15.3 Å². The fourth-order valence-corrected chi connectivity index (χ4v) is 3.02. The first kappa shape index (κ1) is 18.9. The van der Waals surface area contributed by atoms with E-state index in [1.54, 1.807) is 6.26 Å². The monoisotopic (exact) mass is 366 g/mol. The lowest BCUT2D eigenvalue weighted by Gasteiger charge is -2.29. The Balaban J connectivity index is 1.99. The summed E-state index contributed by atoms with van der Waals surface area (Å²) in [6.07, 6.45) is 2.02. The molecule has 3 aromatic rings. The molecule has 0 saturated heterocycles. The zero-order chi connectivity index (χ0) is 19.4. The van der Waals surface area contributed by atoms with Crippen molar-refractivity contribution in [1.29, 1.82) is 0 Å². The largest absolute Gasteiger partial charge is 0.461 e. The summed E-state index contributed by atoms with van der Waals surface area (Å²) in [5.41, 5.74) is 0.853. The molecule has 6 heteroatoms. The molecule has 6 nitrogen and oxygen atoms in total. The van der Waals surface area contributed by atoms with Crippen LogP contribution in [-0.2, 0) is 4.79 Å². The van der Waals surface area contributed by atoms with Crippen molar-refractivity contribution in [2.24, 2.45) is 0 Å². The van der Waals surface area contributed by atoms with Gasteiger partial charge in [-0.2, -0.15) is 0 Å². The third-order valence-electron chi connectivity index (χ3n) is 4.25. The van der Waals surface area contributed by atoms with E-state index in [2.05, 4.69) is 29.0 Å². The lowest BCUT2D eigenvalue weighted by Crippen LogP contribution is -2.37. The van der Waals surface area contributed by atoms with Crippen molar-refractivity contribution in [3.8, 4) is 11.6 Å². The van der Waals surface area contributed by atoms with Crippen LogP contribution in [0.2, 0.25) is 0 Å². The van der Waals surface area contributed by atoms with Crippen molar-refractivity contribution < 1.29 is 9.21 Å². The van der Waals surface area contributed by atoms with Gasteiger partial charge >= 0.3 is 0 Å². The predicted octanol–water partition coefficient (Wildman–Crippen LogP) is 4.02. The van der Waals surface area contributed by atoms with E-state index >= 15 is 0 Å². The number of carbonyl (C=O) groups excluding carboxylic acids is 1. The lowest BCUT2D eigenvalue weighted by molar-refractivity contribution is -0.121. The Kier molecular flexibility index (Phi) is 5.74. The average molecular weight is 366 g/mol. The number of hydrogen-bond donors (Lipinski definition) is 1. The van der Waals surface area contributed by atoms with Crippen molar-refractivity contribution in [3.63, 3.8) is 0 Å². The number of furan rings is 1. The van der Waals surface area contributed by atoms with Crippen molar-refractivity contribution >= 4 is 22.6 Å². The molecule has 1 N–H and O–H groups in total. The SMILES string of the molecule is CC(C)NC(=O)CCN(c1nc(-c2ccco2)nc2ccccc12)C(C)C. The summed E-state index contributed by atoms with van der Waals surface area (Å²) < 4.78 is 5.50. The molecule has 142 valence electrons. The summed E-state index contributed by atoms with van der Waals surface area (Å²) in [6, 6.07) is 11.9. The van der Waals surface area contributed by atoms with Crippen LogP contribution in [0.25, 0.3) is 22.5 Å². The minimum Gasteiger partial charge on any atom is -0.461 e. The molecule has 0 bridgehead atoms. The summed E-state index contributed by atoms with van der Waals surface area (Å²) in [5, 5.41) is 3.91. The Morgan fingerprint density at radius 1 is 1.11 bits per heavy atom. The van der Waals surface area contributed by atoms with E-state index in [4.69, 9.17) is 9.40 Å². The minimum atomic E-state index is 0.0419. The molecule has 1 aromatic carbocycles. The van der Waals surface area contributed by atoms with Gasteiger partial charge in [0.05, 0.1) is 11.8 Å². The Morgan fingerprint density at radius 2 is 1.89 bits per heavy atom. The van der Waals surface area contributed by atoms with Gasteiger partial charge in [-0.1, -0.05) is 12.1 Å². The van der Waals surface area contributed by atoms with Gasteiger partial charge in [-0.3, -0.25) is 4.79 Å². The van der Waals surface area contributed by atoms with Gasteiger partial charge in [-0.05, 0) is 52.0 Å². The van der Waals surface area contributed by atoms with Crippen molar-refractivity contribution in [3.05, 3.63) is 42.7 Å². The molecule has 0 aliphatic heterocycles. The lowest BCUT2D eigenvalue weighted by atomic mass is 10.2. The van der Waals surface area contributed by atoms with Gasteiger partial charge in [0.2, 0.25) is 5.91 Å². The summed E-state index contributed by atoms with van der Waals surface area (Å²) in [7, 11) is 0. The first-order valence-electron chi connectivity index (χ1n) is 9.32. The number of hydrogen-bond acceptors (Lipinski definition) is 5. The third kappa shape index (κ3) is 4.45. The summed E-state index contributed by atoms with van der Waals surface area (Å²) in [6.45, 7) is 8.71. The maximum absolute atomic E-state index is 12.1. The molecule has 2 aromatic heterocycles. The fraction of sp³-hybridized carbons (Fsp3) is 0.381. The number of anilines is 1. The van der Waals surface area contributed by atoms with Crippen LogP contribution in [0.15, 0.2) is 47.1 Å². The van der Waals surface area contributed by atoms with E-state index in [-0.39, 0.29) is 18.0 Å². The van der Waals surface area contributed by atoms with E-state index in [0.29, 0.717) is 24.6 Å². The quantitative estimate of drug-likeness (QED) is 0.684. The highest BCUT2D eigenvalue weighted by atomic mass is 16.3. The smallest absolute Gasteiger partial charge is 0.221 e. The van der Waals surface area contributed by atoms with Crippen LogP contribution in [0, 0.1) is 0 Å². The molecule has 0 aliphatic carbocycles. The molecule has 0 saturated carbocycles. The first-order valence-corrected chi connectivity index (χ1v) is 9.32. The van der Waals surface area contributed by atoms with Crippen LogP contribution in [0.3, 0.4) is 0 Å². The highest BCUT2D eigenvalue weighted by Crippen LogP contribution is 2.29. The molecule has 27 heavy (non-hydrogen) atoms. The Morgan fingerprint density at radius 3 is 2.56 bits per heavy atom.